The van der Waals surface area contributed by atoms with E-state index < -0.39 is 6.04 Å². The fraction of sp³-hybridized carbons (Fsp3) is 0.286. The van der Waals surface area contributed by atoms with E-state index >= 15 is 0 Å². The molecule has 1 saturated carbocycles. The summed E-state index contributed by atoms with van der Waals surface area (Å²) in [4.78, 5) is 27.0. The zero-order chi connectivity index (χ0) is 26.2. The predicted molar refractivity (Wildman–Crippen MR) is 143 cm³/mol. The summed E-state index contributed by atoms with van der Waals surface area (Å²) in [7, 11) is 0. The fourth-order valence-electron chi connectivity index (χ4n) is 5.52. The van der Waals surface area contributed by atoms with Gasteiger partial charge in [-0.1, -0.05) is 25.3 Å². The van der Waals surface area contributed by atoms with Crippen molar-refractivity contribution in [2.24, 2.45) is 0 Å². The monoisotopic (exact) mass is 503 g/mol. The molecule has 4 aromatic rings. The van der Waals surface area contributed by atoms with E-state index in [0.717, 1.165) is 36.9 Å². The van der Waals surface area contributed by atoms with Gasteiger partial charge in [0.2, 0.25) is 5.95 Å². The lowest BCUT2D eigenvalue weighted by molar-refractivity contribution is -0.119. The van der Waals surface area contributed by atoms with Gasteiger partial charge in [-0.05, 0) is 56.2 Å². The first kappa shape index (κ1) is 23.4. The molecule has 3 heterocycles. The number of anilines is 5. The second kappa shape index (κ2) is 9.49. The Morgan fingerprint density at radius 1 is 1.08 bits per heavy atom. The van der Waals surface area contributed by atoms with Crippen LogP contribution in [-0.2, 0) is 4.79 Å². The number of H-pyrrole nitrogens is 1. The molecule has 2 N–H and O–H groups in total. The van der Waals surface area contributed by atoms with E-state index in [1.807, 2.05) is 31.2 Å². The number of aromatic amines is 1. The van der Waals surface area contributed by atoms with Crippen LogP contribution in [0.1, 0.15) is 50.3 Å². The number of nitrogens with zero attached hydrogens (tertiary/aromatic N) is 7. The highest BCUT2D eigenvalue weighted by molar-refractivity contribution is 6.10. The molecule has 0 radical (unpaired) electrons. The normalized spacial score (nSPS) is 17.7. The van der Waals surface area contributed by atoms with Gasteiger partial charge in [-0.15, -0.1) is 0 Å². The van der Waals surface area contributed by atoms with E-state index in [1.165, 1.54) is 6.42 Å². The van der Waals surface area contributed by atoms with Gasteiger partial charge in [0.25, 0.3) is 5.91 Å². The Labute approximate surface area is 219 Å². The quantitative estimate of drug-likeness (QED) is 0.395. The molecule has 1 aliphatic carbocycles. The van der Waals surface area contributed by atoms with E-state index in [-0.39, 0.29) is 11.9 Å². The number of carbonyl (C=O) groups is 1. The Morgan fingerprint density at radius 2 is 1.92 bits per heavy atom. The molecule has 1 amide bonds. The molecule has 0 spiro atoms. The Balaban J connectivity index is 1.44. The second-order valence-electron chi connectivity index (χ2n) is 9.68. The minimum Gasteiger partial charge on any atom is -0.340 e. The van der Waals surface area contributed by atoms with Crippen LogP contribution in [0.15, 0.2) is 48.7 Å². The van der Waals surface area contributed by atoms with Crippen molar-refractivity contribution in [1.29, 1.82) is 10.5 Å². The third kappa shape index (κ3) is 3.97. The smallest absolute Gasteiger partial charge is 0.254 e. The van der Waals surface area contributed by atoms with Gasteiger partial charge in [0.15, 0.2) is 11.5 Å². The maximum atomic E-state index is 13.8. The Kier molecular flexibility index (Phi) is 5.85. The van der Waals surface area contributed by atoms with Crippen molar-refractivity contribution in [1.82, 2.24) is 20.2 Å². The van der Waals surface area contributed by atoms with Gasteiger partial charge in [0.1, 0.15) is 17.8 Å². The molecular weight excluding hydrogens is 478 g/mol. The van der Waals surface area contributed by atoms with Crippen molar-refractivity contribution < 1.29 is 4.79 Å². The molecule has 6 rings (SSSR count). The summed E-state index contributed by atoms with van der Waals surface area (Å²) in [6.07, 6.45) is 7.11. The molecule has 2 aromatic heterocycles. The lowest BCUT2D eigenvalue weighted by atomic mass is 9.92. The van der Waals surface area contributed by atoms with Gasteiger partial charge < -0.3 is 10.2 Å². The van der Waals surface area contributed by atoms with Gasteiger partial charge in [0, 0.05) is 17.1 Å². The maximum absolute atomic E-state index is 13.8. The molecule has 1 fully saturated rings. The van der Waals surface area contributed by atoms with Crippen molar-refractivity contribution in [3.63, 3.8) is 0 Å². The van der Waals surface area contributed by atoms with Gasteiger partial charge >= 0.3 is 0 Å². The molecule has 2 aromatic carbocycles. The van der Waals surface area contributed by atoms with Gasteiger partial charge in [-0.3, -0.25) is 14.8 Å². The number of hydrogen-bond acceptors (Lipinski definition) is 8. The zero-order valence-electron chi connectivity index (χ0n) is 20.8. The molecule has 188 valence electrons. The predicted octanol–water partition coefficient (Wildman–Crippen LogP) is 5.05. The highest BCUT2D eigenvalue weighted by Crippen LogP contribution is 2.42. The number of hydrogen-bond donors (Lipinski definition) is 2. The molecule has 0 saturated heterocycles. The van der Waals surface area contributed by atoms with Gasteiger partial charge in [0.05, 0.1) is 29.0 Å². The van der Waals surface area contributed by atoms with E-state index in [1.54, 1.807) is 29.3 Å². The standard InChI is InChI=1S/C28H25N9O/c1-17-27(38)37(21-9-5-6-18(12-21)14-29)25-16-31-28(33-26(25)36(17)20-7-3-2-4-8-20)32-19-10-11-23-22(13-19)24(15-30)35-34-23/h5-6,9-13,16-17,20H,2-4,7-8H2,1H3,(H,34,35)(H,31,32,33)/t17-/m1/s1. The number of nitrogens with one attached hydrogen (secondary N) is 2. The summed E-state index contributed by atoms with van der Waals surface area (Å²) in [5.74, 6) is 1.00. The van der Waals surface area contributed by atoms with Crippen LogP contribution in [0.2, 0.25) is 0 Å². The van der Waals surface area contributed by atoms with Crippen LogP contribution in [0.25, 0.3) is 10.9 Å². The van der Waals surface area contributed by atoms with E-state index in [2.05, 4.69) is 37.5 Å². The van der Waals surface area contributed by atoms with Crippen LogP contribution in [0, 0.1) is 22.7 Å². The molecule has 38 heavy (non-hydrogen) atoms. The first-order valence-electron chi connectivity index (χ1n) is 12.7. The first-order chi connectivity index (χ1) is 18.6. The molecule has 0 bridgehead atoms. The highest BCUT2D eigenvalue weighted by atomic mass is 16.2. The van der Waals surface area contributed by atoms with Crippen LogP contribution in [-0.4, -0.2) is 38.2 Å². The van der Waals surface area contributed by atoms with Crippen molar-refractivity contribution in [2.45, 2.75) is 51.1 Å². The molecule has 10 heteroatoms. The van der Waals surface area contributed by atoms with Crippen molar-refractivity contribution in [3.8, 4) is 12.1 Å². The largest absolute Gasteiger partial charge is 0.340 e. The van der Waals surface area contributed by atoms with Crippen molar-refractivity contribution in [3.05, 3.63) is 59.9 Å². The minimum absolute atomic E-state index is 0.0723. The summed E-state index contributed by atoms with van der Waals surface area (Å²) in [5.41, 5.74) is 3.49. The van der Waals surface area contributed by atoms with Crippen LogP contribution in [0.5, 0.6) is 0 Å². The molecule has 1 atom stereocenters. The second-order valence-corrected chi connectivity index (χ2v) is 9.68. The number of nitriles is 2. The maximum Gasteiger partial charge on any atom is 0.254 e. The number of benzene rings is 2. The highest BCUT2D eigenvalue weighted by Gasteiger charge is 2.41. The summed E-state index contributed by atoms with van der Waals surface area (Å²) in [6, 6.07) is 16.6. The Bertz CT molecular complexity index is 1620. The summed E-state index contributed by atoms with van der Waals surface area (Å²) >= 11 is 0. The van der Waals surface area contributed by atoms with Gasteiger partial charge in [-0.2, -0.15) is 20.6 Å². The Morgan fingerprint density at radius 3 is 2.71 bits per heavy atom. The minimum atomic E-state index is -0.431. The summed E-state index contributed by atoms with van der Waals surface area (Å²) in [6.45, 7) is 1.92. The zero-order valence-corrected chi connectivity index (χ0v) is 20.8. The van der Waals surface area contributed by atoms with Crippen molar-refractivity contribution >= 4 is 45.6 Å². The van der Waals surface area contributed by atoms with Crippen molar-refractivity contribution in [2.75, 3.05) is 15.1 Å². The van der Waals surface area contributed by atoms with Crippen LogP contribution in [0.4, 0.5) is 28.8 Å². The molecule has 1 aliphatic heterocycles. The van der Waals surface area contributed by atoms with E-state index in [0.29, 0.717) is 39.8 Å². The molecule has 2 aliphatic rings. The average molecular weight is 504 g/mol. The number of carbonyl (C=O) groups excluding carboxylic acids is 1. The number of rotatable bonds is 4. The van der Waals surface area contributed by atoms with Gasteiger partial charge in [-0.25, -0.2) is 4.98 Å². The van der Waals surface area contributed by atoms with Crippen LogP contribution >= 0.6 is 0 Å². The molecule has 0 unspecified atom stereocenters. The Hall–Kier alpha value is -4.96. The fourth-order valence-corrected chi connectivity index (χ4v) is 5.52. The van der Waals surface area contributed by atoms with E-state index in [9.17, 15) is 15.3 Å². The number of amides is 1. The first-order valence-corrected chi connectivity index (χ1v) is 12.7. The summed E-state index contributed by atoms with van der Waals surface area (Å²) < 4.78 is 0. The lowest BCUT2D eigenvalue weighted by Gasteiger charge is -2.45. The lowest BCUT2D eigenvalue weighted by Crippen LogP contribution is -2.55. The van der Waals surface area contributed by atoms with Crippen LogP contribution in [0.3, 0.4) is 0 Å². The summed E-state index contributed by atoms with van der Waals surface area (Å²) in [5, 5.41) is 29.6. The van der Waals surface area contributed by atoms with E-state index in [4.69, 9.17) is 4.98 Å². The SMILES string of the molecule is C[C@@H]1C(=O)N(c2cccc(C#N)c2)c2cnc(Nc3ccc4[nH]nc(C#N)c4c3)nc2N1C1CCCCC1. The number of aromatic nitrogens is 4. The third-order valence-corrected chi connectivity index (χ3v) is 7.36. The molecular formula is C28H25N9O. The third-order valence-electron chi connectivity index (χ3n) is 7.36. The van der Waals surface area contributed by atoms with Crippen LogP contribution < -0.4 is 15.1 Å². The average Bonchev–Trinajstić information content (AvgIpc) is 3.37. The molecule has 10 nitrogen and oxygen atoms in total. The number of fused-ring (bicyclic) bond motifs is 2. The topological polar surface area (TPSA) is 138 Å².